The van der Waals surface area contributed by atoms with E-state index in [4.69, 9.17) is 0 Å². The van der Waals surface area contributed by atoms with Gasteiger partial charge in [-0.25, -0.2) is 12.8 Å². The molecular formula is C19H28FN3O3S. The van der Waals surface area contributed by atoms with Gasteiger partial charge in [-0.15, -0.1) is 0 Å². The lowest BCUT2D eigenvalue weighted by Gasteiger charge is -2.36. The van der Waals surface area contributed by atoms with E-state index in [1.54, 1.807) is 17.0 Å². The minimum absolute atomic E-state index is 0.0242. The van der Waals surface area contributed by atoms with Crippen molar-refractivity contribution in [3.05, 3.63) is 30.1 Å². The largest absolute Gasteiger partial charge is 0.367 e. The van der Waals surface area contributed by atoms with Gasteiger partial charge in [-0.3, -0.25) is 9.69 Å². The Balaban J connectivity index is 1.47. The van der Waals surface area contributed by atoms with Crippen LogP contribution in [0.15, 0.2) is 24.3 Å². The zero-order valence-electron chi connectivity index (χ0n) is 15.8. The summed E-state index contributed by atoms with van der Waals surface area (Å²) >= 11 is 0. The molecule has 0 spiro atoms. The Morgan fingerprint density at radius 1 is 1.22 bits per heavy atom. The summed E-state index contributed by atoms with van der Waals surface area (Å²) in [7, 11) is -3.00. The summed E-state index contributed by atoms with van der Waals surface area (Å²) in [5, 5.41) is 0. The van der Waals surface area contributed by atoms with Crippen molar-refractivity contribution in [3.8, 4) is 0 Å². The molecule has 0 aromatic heterocycles. The zero-order chi connectivity index (χ0) is 19.4. The first-order valence-corrected chi connectivity index (χ1v) is 11.4. The van der Waals surface area contributed by atoms with E-state index < -0.39 is 9.84 Å². The van der Waals surface area contributed by atoms with Crippen molar-refractivity contribution in [1.29, 1.82) is 0 Å². The standard InChI is InChI=1S/C19H28FN3O3S/c1-2-23(16-8-14-27(25,26)15-16)19(24)7-9-21-10-12-22(13-11-21)18-6-4-3-5-17(18)20/h3-6,16H,2,7-15H2,1H3. The van der Waals surface area contributed by atoms with Gasteiger partial charge in [-0.2, -0.15) is 0 Å². The fourth-order valence-corrected chi connectivity index (χ4v) is 5.71. The van der Waals surface area contributed by atoms with Gasteiger partial charge in [-0.05, 0) is 25.5 Å². The molecule has 2 aliphatic rings. The average Bonchev–Trinajstić information content (AvgIpc) is 3.01. The molecule has 2 heterocycles. The molecule has 3 rings (SSSR count). The minimum Gasteiger partial charge on any atom is -0.367 e. The molecule has 0 saturated carbocycles. The van der Waals surface area contributed by atoms with Crippen LogP contribution in [-0.4, -0.2) is 80.9 Å². The number of anilines is 1. The van der Waals surface area contributed by atoms with Crippen molar-refractivity contribution in [2.45, 2.75) is 25.8 Å². The molecule has 1 amide bonds. The van der Waals surface area contributed by atoms with Crippen LogP contribution >= 0.6 is 0 Å². The molecule has 0 aliphatic carbocycles. The van der Waals surface area contributed by atoms with E-state index in [2.05, 4.69) is 4.90 Å². The Kier molecular flexibility index (Phi) is 6.37. The number of benzene rings is 1. The van der Waals surface area contributed by atoms with Crippen LogP contribution in [-0.2, 0) is 14.6 Å². The van der Waals surface area contributed by atoms with E-state index in [-0.39, 0.29) is 29.3 Å². The summed E-state index contributed by atoms with van der Waals surface area (Å²) in [5.74, 6) is 0.0928. The number of hydrogen-bond acceptors (Lipinski definition) is 5. The number of halogens is 1. The van der Waals surface area contributed by atoms with Gasteiger partial charge in [0.15, 0.2) is 9.84 Å². The van der Waals surface area contributed by atoms with Crippen molar-refractivity contribution in [2.24, 2.45) is 0 Å². The molecule has 0 N–H and O–H groups in total. The van der Waals surface area contributed by atoms with Crippen LogP contribution < -0.4 is 4.90 Å². The lowest BCUT2D eigenvalue weighted by Crippen LogP contribution is -2.48. The van der Waals surface area contributed by atoms with Crippen molar-refractivity contribution in [3.63, 3.8) is 0 Å². The summed E-state index contributed by atoms with van der Waals surface area (Å²) in [6, 6.07) is 6.62. The second-order valence-corrected chi connectivity index (χ2v) is 9.50. The first kappa shape index (κ1) is 20.1. The molecule has 8 heteroatoms. The maximum absolute atomic E-state index is 13.9. The number of carbonyl (C=O) groups excluding carboxylic acids is 1. The molecule has 6 nitrogen and oxygen atoms in total. The predicted molar refractivity (Wildman–Crippen MR) is 104 cm³/mol. The predicted octanol–water partition coefficient (Wildman–Crippen LogP) is 1.37. The number of amides is 1. The maximum atomic E-state index is 13.9. The lowest BCUT2D eigenvalue weighted by molar-refractivity contribution is -0.133. The zero-order valence-corrected chi connectivity index (χ0v) is 16.6. The molecule has 0 radical (unpaired) electrons. The summed E-state index contributed by atoms with van der Waals surface area (Å²) in [4.78, 5) is 18.6. The molecule has 2 aliphatic heterocycles. The van der Waals surface area contributed by atoms with E-state index in [0.717, 1.165) is 26.2 Å². The quantitative estimate of drug-likeness (QED) is 0.726. The number of hydrogen-bond donors (Lipinski definition) is 0. The van der Waals surface area contributed by atoms with Gasteiger partial charge in [0.05, 0.1) is 17.2 Å². The van der Waals surface area contributed by atoms with Crippen LogP contribution in [0, 0.1) is 5.82 Å². The Hall–Kier alpha value is -1.67. The van der Waals surface area contributed by atoms with Gasteiger partial charge in [0.25, 0.3) is 0 Å². The number of piperazine rings is 1. The highest BCUT2D eigenvalue weighted by Crippen LogP contribution is 2.21. The second kappa shape index (κ2) is 8.56. The molecule has 0 bridgehead atoms. The Morgan fingerprint density at radius 2 is 1.93 bits per heavy atom. The average molecular weight is 398 g/mol. The Morgan fingerprint density at radius 3 is 2.52 bits per heavy atom. The highest BCUT2D eigenvalue weighted by atomic mass is 32.2. The maximum Gasteiger partial charge on any atom is 0.224 e. The van der Waals surface area contributed by atoms with Crippen molar-refractivity contribution in [2.75, 3.05) is 55.7 Å². The number of para-hydroxylation sites is 1. The van der Waals surface area contributed by atoms with Crippen LogP contribution in [0.5, 0.6) is 0 Å². The van der Waals surface area contributed by atoms with Crippen LogP contribution in [0.2, 0.25) is 0 Å². The van der Waals surface area contributed by atoms with E-state index >= 15 is 0 Å². The van der Waals surface area contributed by atoms with Gasteiger partial charge in [-0.1, -0.05) is 12.1 Å². The fraction of sp³-hybridized carbons (Fsp3) is 0.632. The van der Waals surface area contributed by atoms with E-state index in [1.807, 2.05) is 17.9 Å². The van der Waals surface area contributed by atoms with Gasteiger partial charge in [0, 0.05) is 51.7 Å². The first-order valence-electron chi connectivity index (χ1n) is 9.61. The monoisotopic (exact) mass is 397 g/mol. The fourth-order valence-electron chi connectivity index (χ4n) is 3.98. The molecule has 2 fully saturated rings. The third kappa shape index (κ3) is 4.99. The van der Waals surface area contributed by atoms with Gasteiger partial charge in [0.1, 0.15) is 5.82 Å². The van der Waals surface area contributed by atoms with Crippen LogP contribution in [0.4, 0.5) is 10.1 Å². The number of nitrogens with zero attached hydrogens (tertiary/aromatic N) is 3. The number of carbonyl (C=O) groups is 1. The molecule has 150 valence electrons. The lowest BCUT2D eigenvalue weighted by atomic mass is 10.2. The highest BCUT2D eigenvalue weighted by Gasteiger charge is 2.33. The second-order valence-electron chi connectivity index (χ2n) is 7.27. The SMILES string of the molecule is CCN(C(=O)CCN1CCN(c2ccccc2F)CC1)C1CCS(=O)(=O)C1. The van der Waals surface area contributed by atoms with E-state index in [0.29, 0.717) is 31.6 Å². The third-order valence-electron chi connectivity index (χ3n) is 5.52. The van der Waals surface area contributed by atoms with Gasteiger partial charge < -0.3 is 9.80 Å². The normalized spacial score (nSPS) is 22.7. The summed E-state index contributed by atoms with van der Waals surface area (Å²) < 4.78 is 37.3. The molecule has 1 unspecified atom stereocenters. The summed E-state index contributed by atoms with van der Waals surface area (Å²) in [6.07, 6.45) is 0.938. The van der Waals surface area contributed by atoms with E-state index in [9.17, 15) is 17.6 Å². The molecule has 1 atom stereocenters. The molecule has 27 heavy (non-hydrogen) atoms. The molecule has 1 aromatic carbocycles. The van der Waals surface area contributed by atoms with Crippen molar-refractivity contribution in [1.82, 2.24) is 9.80 Å². The smallest absolute Gasteiger partial charge is 0.224 e. The van der Waals surface area contributed by atoms with Gasteiger partial charge >= 0.3 is 0 Å². The molecule has 1 aromatic rings. The Labute approximate surface area is 160 Å². The van der Waals surface area contributed by atoms with Crippen LogP contribution in [0.25, 0.3) is 0 Å². The molecular weight excluding hydrogens is 369 g/mol. The summed E-state index contributed by atoms with van der Waals surface area (Å²) in [6.45, 7) is 6.12. The third-order valence-corrected chi connectivity index (χ3v) is 7.27. The number of rotatable bonds is 6. The highest BCUT2D eigenvalue weighted by molar-refractivity contribution is 7.91. The summed E-state index contributed by atoms with van der Waals surface area (Å²) in [5.41, 5.74) is 0.632. The van der Waals surface area contributed by atoms with Crippen LogP contribution in [0.3, 0.4) is 0 Å². The van der Waals surface area contributed by atoms with Crippen LogP contribution in [0.1, 0.15) is 19.8 Å². The Bertz CT molecular complexity index is 763. The van der Waals surface area contributed by atoms with Crippen molar-refractivity contribution < 1.29 is 17.6 Å². The number of sulfone groups is 1. The topological polar surface area (TPSA) is 60.9 Å². The minimum atomic E-state index is -3.00. The van der Waals surface area contributed by atoms with Crippen molar-refractivity contribution >= 4 is 21.4 Å². The molecule has 2 saturated heterocycles. The van der Waals surface area contributed by atoms with E-state index in [1.165, 1.54) is 6.07 Å². The van der Waals surface area contributed by atoms with Gasteiger partial charge in [0.2, 0.25) is 5.91 Å². The first-order chi connectivity index (χ1) is 12.9.